The van der Waals surface area contributed by atoms with E-state index in [0.29, 0.717) is 5.56 Å². The molecule has 0 saturated heterocycles. The fourth-order valence-corrected chi connectivity index (χ4v) is 1.53. The molecule has 4 nitrogen and oxygen atoms in total. The summed E-state index contributed by atoms with van der Waals surface area (Å²) in [7, 11) is 0. The van der Waals surface area contributed by atoms with Gasteiger partial charge >= 0.3 is 5.97 Å². The molecule has 0 aliphatic rings. The number of aromatic carboxylic acids is 1. The first-order chi connectivity index (χ1) is 7.99. The maximum absolute atomic E-state index is 13.0. The smallest absolute Gasteiger partial charge is 0.373 e. The van der Waals surface area contributed by atoms with E-state index >= 15 is 0 Å². The van der Waals surface area contributed by atoms with E-state index in [9.17, 15) is 9.18 Å². The number of rotatable bonds is 2. The molecule has 6 heteroatoms. The highest BCUT2D eigenvalue weighted by Gasteiger charge is 2.17. The van der Waals surface area contributed by atoms with Crippen LogP contribution in [0.25, 0.3) is 11.5 Å². The van der Waals surface area contributed by atoms with Gasteiger partial charge in [0.15, 0.2) is 0 Å². The number of aromatic nitrogens is 1. The van der Waals surface area contributed by atoms with E-state index < -0.39 is 11.8 Å². The standard InChI is InChI=1S/C11H7ClFNO3/c1-5-9(11(15)16)17-10(14-5)6-2-3-8(13)7(12)4-6/h2-4H,1H3,(H,15,16). The Morgan fingerprint density at radius 3 is 2.76 bits per heavy atom. The first kappa shape index (κ1) is 11.6. The molecule has 0 saturated carbocycles. The summed E-state index contributed by atoms with van der Waals surface area (Å²) in [5.41, 5.74) is 0.681. The van der Waals surface area contributed by atoms with Crippen molar-refractivity contribution in [3.05, 3.63) is 40.5 Å². The quantitative estimate of drug-likeness (QED) is 0.895. The molecular formula is C11H7ClFNO3. The minimum atomic E-state index is -1.20. The van der Waals surface area contributed by atoms with E-state index in [-0.39, 0.29) is 22.4 Å². The van der Waals surface area contributed by atoms with Crippen molar-refractivity contribution in [1.82, 2.24) is 4.98 Å². The minimum absolute atomic E-state index is 0.0739. The summed E-state index contributed by atoms with van der Waals surface area (Å²) in [4.78, 5) is 14.7. The second-order valence-electron chi connectivity index (χ2n) is 3.37. The molecule has 1 heterocycles. The third-order valence-corrected chi connectivity index (χ3v) is 2.45. The Labute approximate surface area is 101 Å². The molecule has 88 valence electrons. The first-order valence-electron chi connectivity index (χ1n) is 4.65. The molecule has 0 aliphatic heterocycles. The van der Waals surface area contributed by atoms with Crippen molar-refractivity contribution in [1.29, 1.82) is 0 Å². The normalized spacial score (nSPS) is 10.5. The molecular weight excluding hydrogens is 249 g/mol. The molecule has 2 aromatic rings. The summed E-state index contributed by atoms with van der Waals surface area (Å²) in [6, 6.07) is 3.91. The highest BCUT2D eigenvalue weighted by atomic mass is 35.5. The Bertz CT molecular complexity index is 594. The second kappa shape index (κ2) is 4.18. The Balaban J connectivity index is 2.50. The zero-order chi connectivity index (χ0) is 12.6. The molecule has 2 rings (SSSR count). The van der Waals surface area contributed by atoms with Crippen LogP contribution in [0, 0.1) is 12.7 Å². The molecule has 1 N–H and O–H groups in total. The lowest BCUT2D eigenvalue weighted by Gasteiger charge is -1.97. The van der Waals surface area contributed by atoms with Crippen LogP contribution in [0.3, 0.4) is 0 Å². The van der Waals surface area contributed by atoms with E-state index in [1.54, 1.807) is 0 Å². The average Bonchev–Trinajstić information content (AvgIpc) is 2.64. The van der Waals surface area contributed by atoms with Crippen LogP contribution in [0.2, 0.25) is 5.02 Å². The highest BCUT2D eigenvalue weighted by Crippen LogP contribution is 2.26. The predicted octanol–water partition coefficient (Wildman–Crippen LogP) is 3.14. The number of carboxylic acids is 1. The monoisotopic (exact) mass is 255 g/mol. The fourth-order valence-electron chi connectivity index (χ4n) is 1.35. The number of aryl methyl sites for hydroxylation is 1. The number of carboxylic acid groups (broad SMARTS) is 1. The van der Waals surface area contributed by atoms with Gasteiger partial charge in [-0.1, -0.05) is 11.6 Å². The molecule has 1 aromatic carbocycles. The Kier molecular flexibility index (Phi) is 2.85. The van der Waals surface area contributed by atoms with Gasteiger partial charge in [0, 0.05) is 5.56 Å². The summed E-state index contributed by atoms with van der Waals surface area (Å²) in [6.45, 7) is 1.52. The molecule has 0 bridgehead atoms. The van der Waals surface area contributed by atoms with Gasteiger partial charge < -0.3 is 9.52 Å². The predicted molar refractivity (Wildman–Crippen MR) is 58.6 cm³/mol. The number of benzene rings is 1. The van der Waals surface area contributed by atoms with E-state index in [0.717, 1.165) is 6.07 Å². The van der Waals surface area contributed by atoms with Crippen molar-refractivity contribution in [2.24, 2.45) is 0 Å². The van der Waals surface area contributed by atoms with Gasteiger partial charge in [0.05, 0.1) is 10.7 Å². The molecule has 0 aliphatic carbocycles. The first-order valence-corrected chi connectivity index (χ1v) is 5.03. The largest absolute Gasteiger partial charge is 0.475 e. The maximum Gasteiger partial charge on any atom is 0.373 e. The number of oxazole rings is 1. The van der Waals surface area contributed by atoms with E-state index in [1.807, 2.05) is 0 Å². The van der Waals surface area contributed by atoms with Crippen LogP contribution in [0.5, 0.6) is 0 Å². The van der Waals surface area contributed by atoms with Gasteiger partial charge in [-0.05, 0) is 25.1 Å². The zero-order valence-electron chi connectivity index (χ0n) is 8.70. The Morgan fingerprint density at radius 2 is 2.24 bits per heavy atom. The number of carbonyl (C=O) groups is 1. The van der Waals surface area contributed by atoms with Gasteiger partial charge in [-0.2, -0.15) is 0 Å². The van der Waals surface area contributed by atoms with Crippen LogP contribution in [-0.2, 0) is 0 Å². The van der Waals surface area contributed by atoms with Crippen molar-refractivity contribution in [3.63, 3.8) is 0 Å². The van der Waals surface area contributed by atoms with Crippen LogP contribution in [0.15, 0.2) is 22.6 Å². The van der Waals surface area contributed by atoms with Crippen molar-refractivity contribution in [3.8, 4) is 11.5 Å². The van der Waals surface area contributed by atoms with Gasteiger partial charge in [-0.25, -0.2) is 14.2 Å². The SMILES string of the molecule is Cc1nc(-c2ccc(F)c(Cl)c2)oc1C(=O)O. The fraction of sp³-hybridized carbons (Fsp3) is 0.0909. The molecule has 0 amide bonds. The van der Waals surface area contributed by atoms with Crippen LogP contribution in [-0.4, -0.2) is 16.1 Å². The van der Waals surface area contributed by atoms with Crippen molar-refractivity contribution >= 4 is 17.6 Å². The molecule has 0 unspecified atom stereocenters. The van der Waals surface area contributed by atoms with E-state index in [1.165, 1.54) is 19.1 Å². The van der Waals surface area contributed by atoms with Crippen LogP contribution >= 0.6 is 11.6 Å². The number of halogens is 2. The lowest BCUT2D eigenvalue weighted by molar-refractivity contribution is 0.0662. The average molecular weight is 256 g/mol. The van der Waals surface area contributed by atoms with Crippen molar-refractivity contribution in [2.45, 2.75) is 6.92 Å². The van der Waals surface area contributed by atoms with Gasteiger partial charge in [0.25, 0.3) is 0 Å². The van der Waals surface area contributed by atoms with Crippen molar-refractivity contribution < 1.29 is 18.7 Å². The van der Waals surface area contributed by atoms with Gasteiger partial charge in [0.1, 0.15) is 5.82 Å². The molecule has 0 atom stereocenters. The third kappa shape index (κ3) is 2.14. The topological polar surface area (TPSA) is 63.3 Å². The summed E-state index contributed by atoms with van der Waals surface area (Å²) < 4.78 is 18.0. The number of hydrogen-bond acceptors (Lipinski definition) is 3. The van der Waals surface area contributed by atoms with Gasteiger partial charge in [0.2, 0.25) is 11.7 Å². The highest BCUT2D eigenvalue weighted by molar-refractivity contribution is 6.31. The molecule has 0 spiro atoms. The summed E-state index contributed by atoms with van der Waals surface area (Å²) in [5, 5.41) is 8.73. The molecule has 0 radical (unpaired) electrons. The van der Waals surface area contributed by atoms with Crippen molar-refractivity contribution in [2.75, 3.05) is 0 Å². The van der Waals surface area contributed by atoms with E-state index in [2.05, 4.69) is 4.98 Å². The summed E-state index contributed by atoms with van der Waals surface area (Å²) >= 11 is 5.61. The van der Waals surface area contributed by atoms with Crippen LogP contribution in [0.4, 0.5) is 4.39 Å². The summed E-state index contributed by atoms with van der Waals surface area (Å²) in [6.07, 6.45) is 0. The lowest BCUT2D eigenvalue weighted by atomic mass is 10.2. The Hall–Kier alpha value is -1.88. The molecule has 0 fully saturated rings. The minimum Gasteiger partial charge on any atom is -0.475 e. The number of hydrogen-bond donors (Lipinski definition) is 1. The second-order valence-corrected chi connectivity index (χ2v) is 3.77. The molecule has 1 aromatic heterocycles. The molecule has 17 heavy (non-hydrogen) atoms. The van der Waals surface area contributed by atoms with Gasteiger partial charge in [-0.15, -0.1) is 0 Å². The number of nitrogens with zero attached hydrogens (tertiary/aromatic N) is 1. The Morgan fingerprint density at radius 1 is 1.53 bits per heavy atom. The lowest BCUT2D eigenvalue weighted by Crippen LogP contribution is -1.95. The third-order valence-electron chi connectivity index (χ3n) is 2.16. The zero-order valence-corrected chi connectivity index (χ0v) is 9.45. The van der Waals surface area contributed by atoms with Crippen LogP contribution in [0.1, 0.15) is 16.2 Å². The van der Waals surface area contributed by atoms with Crippen LogP contribution < -0.4 is 0 Å². The van der Waals surface area contributed by atoms with Gasteiger partial charge in [-0.3, -0.25) is 0 Å². The van der Waals surface area contributed by atoms with E-state index in [4.69, 9.17) is 21.1 Å². The maximum atomic E-state index is 13.0. The summed E-state index contributed by atoms with van der Waals surface area (Å²) in [5.74, 6) is -1.89.